The molecule has 1 aromatic heterocycles. The van der Waals surface area contributed by atoms with Gasteiger partial charge in [0.05, 0.1) is 23.6 Å². The third-order valence-electron chi connectivity index (χ3n) is 7.46. The van der Waals surface area contributed by atoms with Gasteiger partial charge in [0.2, 0.25) is 5.91 Å². The number of hydrogen-bond acceptors (Lipinski definition) is 8. The maximum Gasteiger partial charge on any atom is 0.471 e. The number of nitrogens with one attached hydrogen (secondary N) is 3. The number of alkyl halides is 3. The molecule has 2 aliphatic rings. The summed E-state index contributed by atoms with van der Waals surface area (Å²) < 4.78 is 38.4. The lowest BCUT2D eigenvalue weighted by Gasteiger charge is -2.24. The Labute approximate surface area is 245 Å². The van der Waals surface area contributed by atoms with Crippen LogP contribution in [0.3, 0.4) is 0 Å². The van der Waals surface area contributed by atoms with Crippen molar-refractivity contribution in [3.8, 4) is 34.2 Å². The van der Waals surface area contributed by atoms with Gasteiger partial charge >= 0.3 is 12.1 Å². The molecule has 3 aromatic rings. The summed E-state index contributed by atoms with van der Waals surface area (Å²) in [6, 6.07) is 14.6. The first-order chi connectivity index (χ1) is 20.5. The van der Waals surface area contributed by atoms with Crippen molar-refractivity contribution in [2.45, 2.75) is 31.5 Å². The van der Waals surface area contributed by atoms with Crippen LogP contribution in [-0.2, 0) is 9.59 Å². The number of aromatic hydroxyl groups is 1. The van der Waals surface area contributed by atoms with Crippen LogP contribution in [0.4, 0.5) is 30.4 Å². The van der Waals surface area contributed by atoms with Gasteiger partial charge in [0.25, 0.3) is 0 Å². The third-order valence-corrected chi connectivity index (χ3v) is 7.46. The maximum absolute atomic E-state index is 12.9. The summed E-state index contributed by atoms with van der Waals surface area (Å²) >= 11 is 0. The van der Waals surface area contributed by atoms with E-state index in [4.69, 9.17) is 5.73 Å². The molecule has 0 bridgehead atoms. The van der Waals surface area contributed by atoms with E-state index in [-0.39, 0.29) is 42.5 Å². The topological polar surface area (TPSA) is 156 Å². The summed E-state index contributed by atoms with van der Waals surface area (Å²) in [4.78, 5) is 30.5. The standard InChI is InChI=1S/C30H30F3N7O3/c31-30(32,33)29(43)37-19-9-10-40(16-19)25-8-7-18(11-24(25)38-27(42)15-36-14-17-5-6-17)21-12-23(39-28(35)22(21)13-34)20-3-1-2-4-26(20)41/h1-4,7-8,11-12,17,19,36,41H,5-6,9-10,14-16H2,(H2,35,39)(H,37,43)(H,38,42). The van der Waals surface area contributed by atoms with Gasteiger partial charge in [0.15, 0.2) is 0 Å². The third kappa shape index (κ3) is 6.98. The number of para-hydroxylation sites is 1. The average Bonchev–Trinajstić information content (AvgIpc) is 3.67. The average molecular weight is 594 g/mol. The van der Waals surface area contributed by atoms with Gasteiger partial charge in [-0.15, -0.1) is 0 Å². The maximum atomic E-state index is 12.9. The summed E-state index contributed by atoms with van der Waals surface area (Å²) in [6.45, 7) is 1.23. The monoisotopic (exact) mass is 593 g/mol. The van der Waals surface area contributed by atoms with E-state index in [1.54, 1.807) is 47.4 Å². The van der Waals surface area contributed by atoms with Crippen LogP contribution in [0, 0.1) is 17.2 Å². The number of nitrogen functional groups attached to an aromatic ring is 1. The number of rotatable bonds is 9. The van der Waals surface area contributed by atoms with E-state index in [0.717, 1.165) is 19.4 Å². The van der Waals surface area contributed by atoms with Crippen LogP contribution in [0.1, 0.15) is 24.8 Å². The van der Waals surface area contributed by atoms with Gasteiger partial charge in [0, 0.05) is 30.3 Å². The Morgan fingerprint density at radius 3 is 2.58 bits per heavy atom. The second-order valence-electron chi connectivity index (χ2n) is 10.7. The van der Waals surface area contributed by atoms with Crippen LogP contribution in [0.2, 0.25) is 0 Å². The first-order valence-corrected chi connectivity index (χ1v) is 13.8. The molecule has 1 saturated heterocycles. The number of carbonyl (C=O) groups excluding carboxylic acids is 2. The Balaban J connectivity index is 1.48. The molecular formula is C30H30F3N7O3. The summed E-state index contributed by atoms with van der Waals surface area (Å²) in [6.07, 6.45) is -2.45. The number of anilines is 3. The number of benzene rings is 2. The molecule has 1 atom stereocenters. The summed E-state index contributed by atoms with van der Waals surface area (Å²) in [7, 11) is 0. The number of pyridine rings is 1. The quantitative estimate of drug-likeness (QED) is 0.251. The van der Waals surface area contributed by atoms with Gasteiger partial charge in [0.1, 0.15) is 23.2 Å². The van der Waals surface area contributed by atoms with Crippen LogP contribution in [-0.4, -0.2) is 60.3 Å². The summed E-state index contributed by atoms with van der Waals surface area (Å²) in [5, 5.41) is 28.3. The number of phenols is 1. The van der Waals surface area contributed by atoms with Crippen LogP contribution in [0.25, 0.3) is 22.4 Å². The van der Waals surface area contributed by atoms with E-state index >= 15 is 0 Å². The van der Waals surface area contributed by atoms with Gasteiger partial charge in [-0.05, 0) is 67.6 Å². The lowest BCUT2D eigenvalue weighted by atomic mass is 9.97. The highest BCUT2D eigenvalue weighted by Crippen LogP contribution is 2.38. The zero-order valence-corrected chi connectivity index (χ0v) is 23.0. The molecule has 2 heterocycles. The van der Waals surface area contributed by atoms with E-state index in [0.29, 0.717) is 46.2 Å². The highest BCUT2D eigenvalue weighted by atomic mass is 19.4. The number of aromatic nitrogens is 1. The van der Waals surface area contributed by atoms with E-state index in [1.807, 2.05) is 5.32 Å². The number of hydrogen-bond donors (Lipinski definition) is 5. The summed E-state index contributed by atoms with van der Waals surface area (Å²) in [5.74, 6) is -1.80. The summed E-state index contributed by atoms with van der Waals surface area (Å²) in [5.41, 5.74) is 8.87. The number of nitrogens with zero attached hydrogens (tertiary/aromatic N) is 3. The smallest absolute Gasteiger partial charge is 0.471 e. The first kappa shape index (κ1) is 29.7. The fourth-order valence-electron chi connectivity index (χ4n) is 5.09. The number of carbonyl (C=O) groups is 2. The van der Waals surface area contributed by atoms with E-state index in [9.17, 15) is 33.1 Å². The van der Waals surface area contributed by atoms with Crippen LogP contribution < -0.4 is 26.6 Å². The van der Waals surface area contributed by atoms with Gasteiger partial charge in [-0.1, -0.05) is 18.2 Å². The second kappa shape index (κ2) is 12.2. The van der Waals surface area contributed by atoms with Gasteiger partial charge in [-0.3, -0.25) is 9.59 Å². The van der Waals surface area contributed by atoms with Gasteiger partial charge < -0.3 is 31.7 Å². The van der Waals surface area contributed by atoms with Crippen LogP contribution in [0.15, 0.2) is 48.5 Å². The fraction of sp³-hybridized carbons (Fsp3) is 0.333. The Morgan fingerprint density at radius 2 is 1.88 bits per heavy atom. The molecule has 43 heavy (non-hydrogen) atoms. The van der Waals surface area contributed by atoms with Crippen molar-refractivity contribution in [1.82, 2.24) is 15.6 Å². The predicted molar refractivity (Wildman–Crippen MR) is 155 cm³/mol. The predicted octanol–water partition coefficient (Wildman–Crippen LogP) is 3.77. The minimum Gasteiger partial charge on any atom is -0.507 e. The molecule has 2 aromatic carbocycles. The van der Waals surface area contributed by atoms with Crippen molar-refractivity contribution in [1.29, 1.82) is 5.26 Å². The highest BCUT2D eigenvalue weighted by Gasteiger charge is 2.40. The molecule has 1 aliphatic carbocycles. The molecule has 2 fully saturated rings. The van der Waals surface area contributed by atoms with E-state index in [2.05, 4.69) is 21.7 Å². The number of amides is 2. The lowest BCUT2D eigenvalue weighted by molar-refractivity contribution is -0.174. The van der Waals surface area contributed by atoms with Crippen molar-refractivity contribution >= 4 is 29.0 Å². The Kier molecular flexibility index (Phi) is 8.40. The minimum atomic E-state index is -4.98. The van der Waals surface area contributed by atoms with Crippen molar-refractivity contribution in [2.75, 3.05) is 42.1 Å². The number of nitriles is 1. The molecule has 0 spiro atoms. The Morgan fingerprint density at radius 1 is 1.12 bits per heavy atom. The van der Waals surface area contributed by atoms with Crippen LogP contribution >= 0.6 is 0 Å². The molecular weight excluding hydrogens is 563 g/mol. The molecule has 1 saturated carbocycles. The lowest BCUT2D eigenvalue weighted by Crippen LogP contribution is -2.44. The molecule has 10 nitrogen and oxygen atoms in total. The van der Waals surface area contributed by atoms with Crippen LogP contribution in [0.5, 0.6) is 5.75 Å². The van der Waals surface area contributed by atoms with Gasteiger partial charge in [-0.25, -0.2) is 4.98 Å². The van der Waals surface area contributed by atoms with Crippen molar-refractivity contribution in [2.24, 2.45) is 5.92 Å². The minimum absolute atomic E-state index is 0.0201. The normalized spacial score (nSPS) is 16.5. The molecule has 0 radical (unpaired) electrons. The molecule has 1 unspecified atom stereocenters. The highest BCUT2D eigenvalue weighted by molar-refractivity contribution is 5.97. The SMILES string of the molecule is N#Cc1c(-c2ccc(N3CCC(NC(=O)C(F)(F)F)C3)c(NC(=O)CNCC3CC3)c2)cc(-c2ccccc2O)nc1N. The molecule has 5 rings (SSSR count). The van der Waals surface area contributed by atoms with Crippen molar-refractivity contribution in [3.63, 3.8) is 0 Å². The Bertz CT molecular complexity index is 1580. The van der Waals surface area contributed by atoms with Gasteiger partial charge in [-0.2, -0.15) is 18.4 Å². The second-order valence-corrected chi connectivity index (χ2v) is 10.7. The van der Waals surface area contributed by atoms with Crippen molar-refractivity contribution in [3.05, 3.63) is 54.1 Å². The largest absolute Gasteiger partial charge is 0.507 e. The molecule has 1 aliphatic heterocycles. The molecule has 6 N–H and O–H groups in total. The van der Waals surface area contributed by atoms with E-state index in [1.165, 1.54) is 6.07 Å². The number of halogens is 3. The first-order valence-electron chi connectivity index (χ1n) is 13.8. The zero-order chi connectivity index (χ0) is 30.7. The van der Waals surface area contributed by atoms with E-state index < -0.39 is 18.1 Å². The zero-order valence-electron chi connectivity index (χ0n) is 23.0. The number of nitrogens with two attached hydrogens (primary N) is 1. The Hall–Kier alpha value is -4.83. The van der Waals surface area contributed by atoms with Crippen molar-refractivity contribution < 1.29 is 27.9 Å². The molecule has 2 amide bonds. The molecule has 13 heteroatoms. The molecule has 224 valence electrons. The fourth-order valence-corrected chi connectivity index (χ4v) is 5.09. The number of phenolic OH excluding ortho intramolecular Hbond substituents is 1.